The molecule has 192 valence electrons. The Hall–Kier alpha value is -4.63. The summed E-state index contributed by atoms with van der Waals surface area (Å²) in [4.78, 5) is 23.8. The van der Waals surface area contributed by atoms with Gasteiger partial charge in [0.25, 0.3) is 5.91 Å². The van der Waals surface area contributed by atoms with Crippen molar-refractivity contribution in [1.82, 2.24) is 14.9 Å². The van der Waals surface area contributed by atoms with Crippen molar-refractivity contribution in [2.45, 2.75) is 19.4 Å². The summed E-state index contributed by atoms with van der Waals surface area (Å²) in [5.41, 5.74) is 9.73. The number of rotatable bonds is 8. The first-order valence-electron chi connectivity index (χ1n) is 12.3. The zero-order valence-electron chi connectivity index (χ0n) is 20.7. The number of ether oxygens (including phenoxy) is 1. The van der Waals surface area contributed by atoms with Gasteiger partial charge in [0.05, 0.1) is 11.9 Å². The summed E-state index contributed by atoms with van der Waals surface area (Å²) in [5.74, 6) is -0.501. The van der Waals surface area contributed by atoms with Gasteiger partial charge in [-0.1, -0.05) is 12.1 Å². The Labute approximate surface area is 219 Å². The van der Waals surface area contributed by atoms with E-state index in [0.717, 1.165) is 36.3 Å². The van der Waals surface area contributed by atoms with E-state index in [1.54, 1.807) is 36.5 Å². The average molecular weight is 511 g/mol. The van der Waals surface area contributed by atoms with Crippen molar-refractivity contribution in [2.75, 3.05) is 24.1 Å². The van der Waals surface area contributed by atoms with Gasteiger partial charge in [0.2, 0.25) is 5.88 Å². The number of halogens is 1. The van der Waals surface area contributed by atoms with Crippen molar-refractivity contribution in [1.29, 1.82) is 5.41 Å². The molecule has 0 aliphatic carbocycles. The van der Waals surface area contributed by atoms with Crippen LogP contribution in [0.25, 0.3) is 11.1 Å². The lowest BCUT2D eigenvalue weighted by molar-refractivity contribution is -0.110. The maximum atomic E-state index is 13.4. The van der Waals surface area contributed by atoms with Crippen LogP contribution in [0.1, 0.15) is 24.0 Å². The molecular formula is C29H27FN6O2. The molecule has 0 bridgehead atoms. The van der Waals surface area contributed by atoms with Crippen LogP contribution in [0, 0.1) is 11.2 Å². The maximum Gasteiger partial charge on any atom is 0.274 e. The van der Waals surface area contributed by atoms with E-state index in [9.17, 15) is 9.18 Å². The van der Waals surface area contributed by atoms with Crippen molar-refractivity contribution < 1.29 is 13.9 Å². The van der Waals surface area contributed by atoms with Crippen LogP contribution in [0.15, 0.2) is 79.3 Å². The Kier molecular flexibility index (Phi) is 7.37. The van der Waals surface area contributed by atoms with Crippen LogP contribution in [0.3, 0.4) is 0 Å². The molecule has 2 aromatic heterocycles. The highest BCUT2D eigenvalue weighted by Gasteiger charge is 2.17. The van der Waals surface area contributed by atoms with Crippen LogP contribution >= 0.6 is 0 Å². The predicted molar refractivity (Wildman–Crippen MR) is 145 cm³/mol. The van der Waals surface area contributed by atoms with Crippen molar-refractivity contribution in [3.8, 4) is 22.8 Å². The van der Waals surface area contributed by atoms with Gasteiger partial charge >= 0.3 is 0 Å². The molecule has 1 saturated heterocycles. The lowest BCUT2D eigenvalue weighted by Crippen LogP contribution is -2.24. The number of nitrogen functional groups attached to an aromatic ring is 1. The number of benzene rings is 2. The van der Waals surface area contributed by atoms with Gasteiger partial charge < -0.3 is 15.8 Å². The predicted octanol–water partition coefficient (Wildman–Crippen LogP) is 5.26. The second-order valence-electron chi connectivity index (χ2n) is 9.14. The van der Waals surface area contributed by atoms with E-state index in [-0.39, 0.29) is 11.6 Å². The molecule has 0 saturated carbocycles. The number of likely N-dealkylation sites (tertiary alicyclic amines) is 1. The van der Waals surface area contributed by atoms with Crippen molar-refractivity contribution in [3.63, 3.8) is 0 Å². The summed E-state index contributed by atoms with van der Waals surface area (Å²) in [6, 6.07) is 16.2. The summed E-state index contributed by atoms with van der Waals surface area (Å²) in [7, 11) is 0. The topological polar surface area (TPSA) is 117 Å². The number of nitrogens with two attached hydrogens (primary N) is 1. The molecule has 0 radical (unpaired) electrons. The molecular weight excluding hydrogens is 483 g/mol. The summed E-state index contributed by atoms with van der Waals surface area (Å²) in [6.07, 6.45) is 7.49. The van der Waals surface area contributed by atoms with Gasteiger partial charge in [0.1, 0.15) is 17.3 Å². The fraction of sp³-hybridized carbons (Fsp3) is 0.172. The van der Waals surface area contributed by atoms with E-state index >= 15 is 0 Å². The van der Waals surface area contributed by atoms with Gasteiger partial charge in [-0.15, -0.1) is 0 Å². The molecule has 1 aliphatic heterocycles. The van der Waals surface area contributed by atoms with Crippen LogP contribution in [0.4, 0.5) is 15.8 Å². The first kappa shape index (κ1) is 25.0. The van der Waals surface area contributed by atoms with E-state index in [4.69, 9.17) is 15.9 Å². The van der Waals surface area contributed by atoms with Gasteiger partial charge in [-0.3, -0.25) is 20.1 Å². The Morgan fingerprint density at radius 3 is 2.63 bits per heavy atom. The number of hydrogen-bond donors (Lipinski definition) is 3. The molecule has 4 aromatic rings. The summed E-state index contributed by atoms with van der Waals surface area (Å²) >= 11 is 0. The van der Waals surface area contributed by atoms with Gasteiger partial charge in [0.15, 0.2) is 0 Å². The molecule has 4 N–H and O–H groups in total. The highest BCUT2D eigenvalue weighted by atomic mass is 19.1. The van der Waals surface area contributed by atoms with Crippen molar-refractivity contribution >= 4 is 23.0 Å². The van der Waals surface area contributed by atoms with Gasteiger partial charge in [0, 0.05) is 47.9 Å². The molecule has 1 fully saturated rings. The number of aromatic nitrogens is 2. The molecule has 5 rings (SSSR count). The second kappa shape index (κ2) is 11.2. The number of anilines is 2. The van der Waals surface area contributed by atoms with E-state index in [0.29, 0.717) is 22.7 Å². The van der Waals surface area contributed by atoms with E-state index in [2.05, 4.69) is 26.3 Å². The minimum Gasteiger partial charge on any atom is -0.439 e. The molecule has 1 amide bonds. The van der Waals surface area contributed by atoms with Crippen LogP contribution in [0.2, 0.25) is 0 Å². The monoisotopic (exact) mass is 510 g/mol. The van der Waals surface area contributed by atoms with Gasteiger partial charge in [-0.25, -0.2) is 9.37 Å². The Balaban J connectivity index is 1.27. The standard InChI is InChI=1S/C29H27FN6O2/c30-22-4-3-5-24(14-22)38-27-9-7-23(17-34-27)35-29(37)28(32)25-13-20(6-8-26(25)31)21-12-19(15-33-16-21)18-36-10-1-2-11-36/h3-9,12-17,32H,1-2,10-11,18,31H2,(H,35,37). The lowest BCUT2D eigenvalue weighted by Gasteiger charge is -2.15. The zero-order valence-corrected chi connectivity index (χ0v) is 20.7. The van der Waals surface area contributed by atoms with Crippen LogP contribution in [-0.2, 0) is 11.3 Å². The molecule has 1 aliphatic rings. The summed E-state index contributed by atoms with van der Waals surface area (Å²) in [6.45, 7) is 3.04. The number of carbonyl (C=O) groups excluding carboxylic acids is 1. The van der Waals surface area contributed by atoms with Crippen LogP contribution in [0.5, 0.6) is 11.6 Å². The molecule has 8 nitrogen and oxygen atoms in total. The van der Waals surface area contributed by atoms with Crippen molar-refractivity contribution in [3.05, 3.63) is 96.2 Å². The van der Waals surface area contributed by atoms with E-state index in [1.807, 2.05) is 12.3 Å². The quantitative estimate of drug-likeness (QED) is 0.220. The van der Waals surface area contributed by atoms with Crippen LogP contribution < -0.4 is 15.8 Å². The lowest BCUT2D eigenvalue weighted by atomic mass is 9.99. The van der Waals surface area contributed by atoms with Gasteiger partial charge in [-0.2, -0.15) is 0 Å². The molecule has 0 atom stereocenters. The Bertz CT molecular complexity index is 1470. The number of nitrogens with one attached hydrogen (secondary N) is 2. The number of hydrogen-bond acceptors (Lipinski definition) is 7. The fourth-order valence-corrected chi connectivity index (χ4v) is 4.36. The second-order valence-corrected chi connectivity index (χ2v) is 9.14. The minimum absolute atomic E-state index is 0.237. The Morgan fingerprint density at radius 2 is 1.87 bits per heavy atom. The normalized spacial score (nSPS) is 13.3. The number of pyridine rings is 2. The third-order valence-corrected chi connectivity index (χ3v) is 6.30. The first-order chi connectivity index (χ1) is 18.4. The van der Waals surface area contributed by atoms with E-state index < -0.39 is 11.7 Å². The average Bonchev–Trinajstić information content (AvgIpc) is 3.43. The zero-order chi connectivity index (χ0) is 26.5. The van der Waals surface area contributed by atoms with Crippen molar-refractivity contribution in [2.24, 2.45) is 0 Å². The minimum atomic E-state index is -0.629. The number of amides is 1. The summed E-state index contributed by atoms with van der Waals surface area (Å²) in [5, 5.41) is 11.2. The molecule has 3 heterocycles. The highest BCUT2D eigenvalue weighted by Crippen LogP contribution is 2.26. The largest absolute Gasteiger partial charge is 0.439 e. The maximum absolute atomic E-state index is 13.4. The van der Waals surface area contributed by atoms with Crippen LogP contribution in [-0.4, -0.2) is 39.6 Å². The number of nitrogens with zero attached hydrogens (tertiary/aromatic N) is 3. The Morgan fingerprint density at radius 1 is 1.03 bits per heavy atom. The number of carbonyl (C=O) groups is 1. The van der Waals surface area contributed by atoms with E-state index in [1.165, 1.54) is 37.2 Å². The summed E-state index contributed by atoms with van der Waals surface area (Å²) < 4.78 is 18.9. The molecule has 2 aromatic carbocycles. The highest BCUT2D eigenvalue weighted by molar-refractivity contribution is 6.48. The molecule has 0 spiro atoms. The fourth-order valence-electron chi connectivity index (χ4n) is 4.36. The molecule has 38 heavy (non-hydrogen) atoms. The molecule has 9 heteroatoms. The third kappa shape index (κ3) is 6.01. The third-order valence-electron chi connectivity index (χ3n) is 6.30. The molecule has 0 unspecified atom stereocenters. The van der Waals surface area contributed by atoms with Gasteiger partial charge in [-0.05, 0) is 73.5 Å². The smallest absolute Gasteiger partial charge is 0.274 e. The first-order valence-corrected chi connectivity index (χ1v) is 12.3. The SMILES string of the molecule is N=C(C(=O)Nc1ccc(Oc2cccc(F)c2)nc1)c1cc(-c2cncc(CN3CCCC3)c2)ccc1N.